The van der Waals surface area contributed by atoms with Crippen LogP contribution in [0.15, 0.2) is 102 Å². The normalized spacial score (nSPS) is 11.7. The Kier molecular flexibility index (Phi) is 4.58. The maximum Gasteiger partial charge on any atom is 0.0709 e. The molecule has 0 atom stereocenters. The third-order valence-electron chi connectivity index (χ3n) is 3.31. The second-order valence-electron chi connectivity index (χ2n) is 4.94. The molecule has 0 amide bonds. The average molecular weight is 283 g/mol. The Bertz CT molecular complexity index is 757. The topological polar surface area (TPSA) is 12.4 Å². The van der Waals surface area contributed by atoms with Gasteiger partial charge in [-0.25, -0.2) is 4.99 Å². The summed E-state index contributed by atoms with van der Waals surface area (Å²) in [6, 6.07) is 30.5. The molecule has 0 fully saturated rings. The van der Waals surface area contributed by atoms with Crippen LogP contribution in [0, 0.1) is 0 Å². The summed E-state index contributed by atoms with van der Waals surface area (Å²) >= 11 is 0. The summed E-state index contributed by atoms with van der Waals surface area (Å²) in [6.07, 6.45) is 4.16. The van der Waals surface area contributed by atoms with Gasteiger partial charge in [0.1, 0.15) is 0 Å². The zero-order valence-corrected chi connectivity index (χ0v) is 12.3. The average Bonchev–Trinajstić information content (AvgIpc) is 2.61. The maximum absolute atomic E-state index is 4.77. The van der Waals surface area contributed by atoms with Crippen LogP contribution in [-0.2, 0) is 0 Å². The Balaban J connectivity index is 1.97. The Morgan fingerprint density at radius 1 is 0.636 bits per heavy atom. The van der Waals surface area contributed by atoms with Gasteiger partial charge >= 0.3 is 0 Å². The first kappa shape index (κ1) is 14.0. The molecule has 0 bridgehead atoms. The van der Waals surface area contributed by atoms with Gasteiger partial charge in [-0.05, 0) is 23.8 Å². The highest BCUT2D eigenvalue weighted by atomic mass is 14.7. The molecule has 3 rings (SSSR count). The monoisotopic (exact) mass is 283 g/mol. The number of aliphatic imine (C=N–C) groups is 1. The molecule has 0 aliphatic carbocycles. The fourth-order valence-electron chi connectivity index (χ4n) is 2.19. The number of benzene rings is 3. The van der Waals surface area contributed by atoms with Crippen molar-refractivity contribution in [3.63, 3.8) is 0 Å². The van der Waals surface area contributed by atoms with Gasteiger partial charge in [-0.15, -0.1) is 0 Å². The molecule has 0 aliphatic rings. The zero-order chi connectivity index (χ0) is 15.0. The van der Waals surface area contributed by atoms with E-state index >= 15 is 0 Å². The summed E-state index contributed by atoms with van der Waals surface area (Å²) in [5.41, 5.74) is 4.19. The summed E-state index contributed by atoms with van der Waals surface area (Å²) in [7, 11) is 0. The second-order valence-corrected chi connectivity index (χ2v) is 4.94. The fourth-order valence-corrected chi connectivity index (χ4v) is 2.19. The fraction of sp³-hybridized carbons (Fsp3) is 0. The highest BCUT2D eigenvalue weighted by Gasteiger charge is 1.99. The molecular weight excluding hydrogens is 266 g/mol. The highest BCUT2D eigenvalue weighted by molar-refractivity contribution is 6.11. The van der Waals surface area contributed by atoms with Gasteiger partial charge in [0.15, 0.2) is 0 Å². The van der Waals surface area contributed by atoms with Gasteiger partial charge < -0.3 is 0 Å². The molecule has 22 heavy (non-hydrogen) atoms. The summed E-state index contributed by atoms with van der Waals surface area (Å²) in [5.74, 6) is 0. The SMILES string of the molecule is C(=C\c1ccccc1)/C(=Nc1ccccc1)c1ccccc1. The van der Waals surface area contributed by atoms with Crippen molar-refractivity contribution in [1.29, 1.82) is 0 Å². The van der Waals surface area contributed by atoms with E-state index in [1.165, 1.54) is 5.56 Å². The maximum atomic E-state index is 4.77. The summed E-state index contributed by atoms with van der Waals surface area (Å²) in [6.45, 7) is 0. The van der Waals surface area contributed by atoms with Crippen molar-refractivity contribution in [2.45, 2.75) is 0 Å². The lowest BCUT2D eigenvalue weighted by atomic mass is 10.1. The number of hydrogen-bond donors (Lipinski definition) is 0. The van der Waals surface area contributed by atoms with Crippen molar-refractivity contribution in [2.75, 3.05) is 0 Å². The molecule has 0 N–H and O–H groups in total. The van der Waals surface area contributed by atoms with E-state index < -0.39 is 0 Å². The van der Waals surface area contributed by atoms with E-state index in [1.807, 2.05) is 66.7 Å². The third-order valence-corrected chi connectivity index (χ3v) is 3.31. The van der Waals surface area contributed by atoms with Gasteiger partial charge in [-0.3, -0.25) is 0 Å². The van der Waals surface area contributed by atoms with Crippen molar-refractivity contribution in [3.05, 3.63) is 108 Å². The minimum atomic E-state index is 0.954. The number of hydrogen-bond acceptors (Lipinski definition) is 1. The van der Waals surface area contributed by atoms with Crippen LogP contribution in [0.2, 0.25) is 0 Å². The molecule has 0 radical (unpaired) electrons. The van der Waals surface area contributed by atoms with Crippen LogP contribution in [-0.4, -0.2) is 5.71 Å². The lowest BCUT2D eigenvalue weighted by molar-refractivity contribution is 1.50. The van der Waals surface area contributed by atoms with Crippen LogP contribution in [0.4, 0.5) is 5.69 Å². The smallest absolute Gasteiger partial charge is 0.0709 e. The van der Waals surface area contributed by atoms with Crippen molar-refractivity contribution in [1.82, 2.24) is 0 Å². The Labute approximate surface area is 131 Å². The van der Waals surface area contributed by atoms with Gasteiger partial charge in [-0.2, -0.15) is 0 Å². The second kappa shape index (κ2) is 7.19. The van der Waals surface area contributed by atoms with Gasteiger partial charge in [0.05, 0.1) is 11.4 Å². The van der Waals surface area contributed by atoms with Crippen LogP contribution in [0.5, 0.6) is 0 Å². The lowest BCUT2D eigenvalue weighted by Gasteiger charge is -2.02. The van der Waals surface area contributed by atoms with E-state index in [9.17, 15) is 0 Å². The Hall–Kier alpha value is -2.93. The van der Waals surface area contributed by atoms with Crippen LogP contribution in [0.3, 0.4) is 0 Å². The van der Waals surface area contributed by atoms with E-state index in [2.05, 4.69) is 36.4 Å². The van der Waals surface area contributed by atoms with Crippen molar-refractivity contribution in [2.24, 2.45) is 4.99 Å². The molecule has 0 heterocycles. The molecule has 1 nitrogen and oxygen atoms in total. The van der Waals surface area contributed by atoms with Crippen LogP contribution in [0.1, 0.15) is 11.1 Å². The molecule has 0 unspecified atom stereocenters. The summed E-state index contributed by atoms with van der Waals surface area (Å²) < 4.78 is 0. The highest BCUT2D eigenvalue weighted by Crippen LogP contribution is 2.15. The molecule has 1 heteroatoms. The molecule has 0 aromatic heterocycles. The molecule has 0 aliphatic heterocycles. The number of allylic oxidation sites excluding steroid dienone is 1. The van der Waals surface area contributed by atoms with E-state index in [0.29, 0.717) is 0 Å². The van der Waals surface area contributed by atoms with E-state index in [1.54, 1.807) is 0 Å². The first-order valence-electron chi connectivity index (χ1n) is 7.34. The Morgan fingerprint density at radius 2 is 1.18 bits per heavy atom. The van der Waals surface area contributed by atoms with Gasteiger partial charge in [0, 0.05) is 5.56 Å². The molecule has 3 aromatic rings. The van der Waals surface area contributed by atoms with Gasteiger partial charge in [-0.1, -0.05) is 84.9 Å². The molecule has 0 saturated heterocycles. The minimum absolute atomic E-state index is 0.954. The summed E-state index contributed by atoms with van der Waals surface area (Å²) in [5, 5.41) is 0. The first-order chi connectivity index (χ1) is 10.9. The van der Waals surface area contributed by atoms with Crippen molar-refractivity contribution < 1.29 is 0 Å². The molecular formula is C21H17N. The molecule has 106 valence electrons. The molecule has 0 saturated carbocycles. The molecule has 3 aromatic carbocycles. The summed E-state index contributed by atoms with van der Waals surface area (Å²) in [4.78, 5) is 4.77. The molecule has 0 spiro atoms. The predicted molar refractivity (Wildman–Crippen MR) is 94.6 cm³/mol. The van der Waals surface area contributed by atoms with E-state index in [-0.39, 0.29) is 0 Å². The predicted octanol–water partition coefficient (Wildman–Crippen LogP) is 5.52. The zero-order valence-electron chi connectivity index (χ0n) is 12.3. The van der Waals surface area contributed by atoms with Crippen molar-refractivity contribution in [3.8, 4) is 0 Å². The third kappa shape index (κ3) is 3.80. The Morgan fingerprint density at radius 3 is 1.82 bits per heavy atom. The van der Waals surface area contributed by atoms with Crippen LogP contribution >= 0.6 is 0 Å². The lowest BCUT2D eigenvalue weighted by Crippen LogP contribution is -1.95. The first-order valence-corrected chi connectivity index (χ1v) is 7.34. The largest absolute Gasteiger partial charge is 0.248 e. The quantitative estimate of drug-likeness (QED) is 0.559. The standard InChI is InChI=1S/C21H17N/c1-4-10-18(11-5-1)16-17-21(19-12-6-2-7-13-19)22-20-14-8-3-9-15-20/h1-17H/b17-16+,22-21?. The van der Waals surface area contributed by atoms with Crippen LogP contribution < -0.4 is 0 Å². The van der Waals surface area contributed by atoms with E-state index in [0.717, 1.165) is 17.0 Å². The number of nitrogens with zero attached hydrogens (tertiary/aromatic N) is 1. The van der Waals surface area contributed by atoms with E-state index in [4.69, 9.17) is 4.99 Å². The van der Waals surface area contributed by atoms with Crippen LogP contribution in [0.25, 0.3) is 6.08 Å². The van der Waals surface area contributed by atoms with Gasteiger partial charge in [0.25, 0.3) is 0 Å². The number of rotatable bonds is 4. The van der Waals surface area contributed by atoms with Gasteiger partial charge in [0.2, 0.25) is 0 Å². The van der Waals surface area contributed by atoms with Crippen molar-refractivity contribution >= 4 is 17.5 Å². The number of para-hydroxylation sites is 1. The minimum Gasteiger partial charge on any atom is -0.248 e.